The molecule has 0 fully saturated rings. The number of thiazole rings is 2. The Morgan fingerprint density at radius 1 is 0.738 bits per heavy atom. The highest BCUT2D eigenvalue weighted by Crippen LogP contribution is 2.35. The van der Waals surface area contributed by atoms with Crippen LogP contribution < -0.4 is 15.1 Å². The zero-order valence-electron chi connectivity index (χ0n) is 33.8. The maximum absolute atomic E-state index is 13.2. The lowest BCUT2D eigenvalue weighted by Gasteiger charge is -2.17. The number of hydrogen-bond donors (Lipinski definition) is 2. The van der Waals surface area contributed by atoms with Crippen LogP contribution in [0, 0.1) is 11.6 Å². The van der Waals surface area contributed by atoms with Gasteiger partial charge < -0.3 is 25.0 Å². The molecule has 13 nitrogen and oxygen atoms in total. The molecule has 0 atom stereocenters. The quantitative estimate of drug-likeness (QED) is 0.124. The lowest BCUT2D eigenvalue weighted by atomic mass is 10.2. The number of nitrogens with one attached hydrogen (secondary N) is 1. The Hall–Kier alpha value is -6.56. The largest absolute Gasteiger partial charge is 0.475 e. The summed E-state index contributed by atoms with van der Waals surface area (Å²) in [4.78, 5) is 39.8. The standard InChI is InChI=1S/C22H22FN5O2S.C22H20FN5OS/c1-3-17-21(28-12-15(6-9-19(28)25-17)20(30)24-10-11-29)27(2)22-26-18(13-31-22)14-4-7-16(23)8-5-14;1-3-17-21(28-12-15(6-9-19(28)25-17)20-24-10-11-29-20)27(2)22-26-18(13-30-22)14-4-7-16(23)8-5-14/h4-9,12-13,29H,3,10-11H2,1-2H3,(H,24,30);4-9,12-13H,3,10-11H2,1-2H3. The number of fused-ring (bicyclic) bond motifs is 2. The van der Waals surface area contributed by atoms with Crippen molar-refractivity contribution in [2.75, 3.05) is 50.2 Å². The van der Waals surface area contributed by atoms with Crippen molar-refractivity contribution in [2.45, 2.75) is 26.7 Å². The number of imidazole rings is 2. The molecule has 0 radical (unpaired) electrons. The molecule has 0 saturated carbocycles. The van der Waals surface area contributed by atoms with Crippen LogP contribution in [0.4, 0.5) is 30.7 Å². The zero-order valence-corrected chi connectivity index (χ0v) is 35.5. The number of halogens is 2. The van der Waals surface area contributed by atoms with Gasteiger partial charge in [-0.2, -0.15) is 0 Å². The molecule has 9 rings (SSSR count). The van der Waals surface area contributed by atoms with Gasteiger partial charge in [0.05, 0.1) is 47.1 Å². The van der Waals surface area contributed by atoms with Gasteiger partial charge in [0.15, 0.2) is 10.3 Å². The van der Waals surface area contributed by atoms with Gasteiger partial charge in [0.2, 0.25) is 5.90 Å². The number of anilines is 4. The molecular weight excluding hydrogens is 819 g/mol. The lowest BCUT2D eigenvalue weighted by molar-refractivity contribution is 0.0944. The van der Waals surface area contributed by atoms with E-state index in [1.165, 1.54) is 35.6 Å². The van der Waals surface area contributed by atoms with Crippen molar-refractivity contribution in [3.8, 4) is 22.5 Å². The van der Waals surface area contributed by atoms with Crippen LogP contribution in [0.25, 0.3) is 33.8 Å². The number of aliphatic imine (C=N–C) groups is 1. The Balaban J connectivity index is 0.000000168. The zero-order chi connectivity index (χ0) is 42.6. The van der Waals surface area contributed by atoms with Crippen molar-refractivity contribution in [1.82, 2.24) is 34.1 Å². The average Bonchev–Trinajstić information content (AvgIpc) is 4.14. The number of aliphatic hydroxyl groups excluding tert-OH is 1. The van der Waals surface area contributed by atoms with E-state index in [-0.39, 0.29) is 30.7 Å². The van der Waals surface area contributed by atoms with E-state index in [9.17, 15) is 13.6 Å². The maximum Gasteiger partial charge on any atom is 0.252 e. The monoisotopic (exact) mass is 860 g/mol. The van der Waals surface area contributed by atoms with Crippen LogP contribution in [-0.4, -0.2) is 86.0 Å². The summed E-state index contributed by atoms with van der Waals surface area (Å²) in [5.74, 6) is 1.67. The van der Waals surface area contributed by atoms with Gasteiger partial charge in [0.1, 0.15) is 41.2 Å². The molecule has 1 amide bonds. The molecule has 17 heteroatoms. The van der Waals surface area contributed by atoms with Crippen molar-refractivity contribution in [2.24, 2.45) is 4.99 Å². The fourth-order valence-electron chi connectivity index (χ4n) is 6.91. The van der Waals surface area contributed by atoms with Gasteiger partial charge in [0, 0.05) is 54.9 Å². The first-order chi connectivity index (χ1) is 29.6. The first kappa shape index (κ1) is 41.2. The van der Waals surface area contributed by atoms with E-state index in [0.29, 0.717) is 31.0 Å². The second-order valence-electron chi connectivity index (χ2n) is 13.9. The van der Waals surface area contributed by atoms with Crippen LogP contribution >= 0.6 is 22.7 Å². The number of nitrogens with zero attached hydrogens (tertiary/aromatic N) is 9. The molecule has 1 aliphatic rings. The molecular formula is C44H42F2N10O3S2. The Kier molecular flexibility index (Phi) is 12.1. The lowest BCUT2D eigenvalue weighted by Crippen LogP contribution is -2.26. The third-order valence-corrected chi connectivity index (χ3v) is 11.8. The van der Waals surface area contributed by atoms with Crippen LogP contribution in [0.1, 0.15) is 41.2 Å². The second-order valence-corrected chi connectivity index (χ2v) is 15.6. The van der Waals surface area contributed by atoms with Crippen molar-refractivity contribution >= 4 is 67.7 Å². The highest BCUT2D eigenvalue weighted by atomic mass is 32.1. The summed E-state index contributed by atoms with van der Waals surface area (Å²) in [6.07, 6.45) is 5.27. The van der Waals surface area contributed by atoms with Crippen LogP contribution in [0.3, 0.4) is 0 Å². The predicted molar refractivity (Wildman–Crippen MR) is 237 cm³/mol. The minimum Gasteiger partial charge on any atom is -0.475 e. The fraction of sp³-hybridized carbons (Fsp3) is 0.227. The highest BCUT2D eigenvalue weighted by molar-refractivity contribution is 7.14. The number of aliphatic hydroxyl groups is 1. The normalized spacial score (nSPS) is 12.3. The van der Waals surface area contributed by atoms with E-state index in [1.54, 1.807) is 53.9 Å². The molecule has 2 N–H and O–H groups in total. The number of amides is 1. The van der Waals surface area contributed by atoms with Gasteiger partial charge >= 0.3 is 0 Å². The van der Waals surface area contributed by atoms with Gasteiger partial charge in [-0.3, -0.25) is 13.6 Å². The summed E-state index contributed by atoms with van der Waals surface area (Å²) in [5, 5.41) is 17.1. The number of rotatable bonds is 12. The Morgan fingerprint density at radius 2 is 1.25 bits per heavy atom. The Bertz CT molecular complexity index is 2850. The third kappa shape index (κ3) is 8.57. The number of carbonyl (C=O) groups is 1. The number of aromatic nitrogens is 6. The van der Waals surface area contributed by atoms with Crippen LogP contribution in [-0.2, 0) is 17.6 Å². The number of pyridine rings is 2. The van der Waals surface area contributed by atoms with Gasteiger partial charge in [-0.15, -0.1) is 22.7 Å². The summed E-state index contributed by atoms with van der Waals surface area (Å²) in [6.45, 7) is 5.51. The minimum absolute atomic E-state index is 0.118. The van der Waals surface area contributed by atoms with E-state index in [1.807, 2.05) is 59.4 Å². The Morgan fingerprint density at radius 3 is 1.74 bits per heavy atom. The molecule has 61 heavy (non-hydrogen) atoms. The summed E-state index contributed by atoms with van der Waals surface area (Å²) in [7, 11) is 3.90. The SMILES string of the molecule is CCc1nc2ccc(C(=O)NCCO)cn2c1N(C)c1nc(-c2ccc(F)cc2)cs1.CCc1nc2ccc(C3=NCCO3)cn2c1N(C)c1nc(-c2ccc(F)cc2)cs1. The van der Waals surface area contributed by atoms with Gasteiger partial charge in [-0.25, -0.2) is 33.7 Å². The molecule has 7 heterocycles. The number of aryl methyl sites for hydroxylation is 2. The predicted octanol–water partition coefficient (Wildman–Crippen LogP) is 8.35. The molecule has 0 bridgehead atoms. The van der Waals surface area contributed by atoms with E-state index in [0.717, 1.165) is 79.1 Å². The van der Waals surface area contributed by atoms with Crippen LogP contribution in [0.5, 0.6) is 0 Å². The minimum atomic E-state index is -0.284. The van der Waals surface area contributed by atoms with Gasteiger partial charge in [0.25, 0.3) is 5.91 Å². The van der Waals surface area contributed by atoms with Crippen molar-refractivity contribution in [3.05, 3.63) is 130 Å². The molecule has 6 aromatic heterocycles. The van der Waals surface area contributed by atoms with E-state index in [4.69, 9.17) is 29.8 Å². The van der Waals surface area contributed by atoms with Crippen LogP contribution in [0.2, 0.25) is 0 Å². The maximum atomic E-state index is 13.2. The Labute approximate surface area is 358 Å². The molecule has 8 aromatic rings. The van der Waals surface area contributed by atoms with Crippen molar-refractivity contribution in [3.63, 3.8) is 0 Å². The fourth-order valence-corrected chi connectivity index (χ4v) is 8.52. The van der Waals surface area contributed by atoms with Gasteiger partial charge in [-0.1, -0.05) is 13.8 Å². The summed E-state index contributed by atoms with van der Waals surface area (Å²) < 4.78 is 36.1. The first-order valence-corrected chi connectivity index (χ1v) is 21.4. The molecule has 312 valence electrons. The molecule has 0 saturated heterocycles. The number of hydrogen-bond acceptors (Lipinski definition) is 12. The summed E-state index contributed by atoms with van der Waals surface area (Å²) in [6, 6.07) is 20.1. The van der Waals surface area contributed by atoms with Gasteiger partial charge in [-0.05, 0) is 85.6 Å². The highest BCUT2D eigenvalue weighted by Gasteiger charge is 2.22. The van der Waals surface area contributed by atoms with Crippen molar-refractivity contribution in [1.29, 1.82) is 0 Å². The third-order valence-electron chi connectivity index (χ3n) is 9.96. The smallest absolute Gasteiger partial charge is 0.252 e. The average molecular weight is 861 g/mol. The van der Waals surface area contributed by atoms with E-state index >= 15 is 0 Å². The molecule has 0 unspecified atom stereocenters. The van der Waals surface area contributed by atoms with E-state index < -0.39 is 0 Å². The molecule has 0 aliphatic carbocycles. The second kappa shape index (κ2) is 18.0. The summed E-state index contributed by atoms with van der Waals surface area (Å²) >= 11 is 3.02. The number of ether oxygens (including phenoxy) is 1. The first-order valence-electron chi connectivity index (χ1n) is 19.6. The summed E-state index contributed by atoms with van der Waals surface area (Å²) in [5.41, 5.74) is 8.19. The number of benzene rings is 2. The molecule has 0 spiro atoms. The molecule has 2 aromatic carbocycles. The topological polar surface area (TPSA) is 138 Å². The van der Waals surface area contributed by atoms with Crippen molar-refractivity contribution < 1.29 is 23.4 Å². The molecule has 1 aliphatic heterocycles. The van der Waals surface area contributed by atoms with E-state index in [2.05, 4.69) is 26.5 Å². The number of carbonyl (C=O) groups excluding carboxylic acids is 1. The van der Waals surface area contributed by atoms with Crippen LogP contribution in [0.15, 0.2) is 101 Å².